The first-order valence-corrected chi connectivity index (χ1v) is 7.43. The fourth-order valence-electron chi connectivity index (χ4n) is 1.94. The van der Waals surface area contributed by atoms with Gasteiger partial charge in [-0.3, -0.25) is 9.48 Å². The van der Waals surface area contributed by atoms with E-state index >= 15 is 0 Å². The highest BCUT2D eigenvalue weighted by Gasteiger charge is 2.10. The smallest absolute Gasteiger partial charge is 0.251 e. The lowest BCUT2D eigenvalue weighted by molar-refractivity contribution is 0.0951. The second-order valence-electron chi connectivity index (χ2n) is 4.44. The molecule has 0 atom stereocenters. The maximum Gasteiger partial charge on any atom is 0.251 e. The Morgan fingerprint density at radius 1 is 1.50 bits per heavy atom. The van der Waals surface area contributed by atoms with Crippen LogP contribution < -0.4 is 5.32 Å². The summed E-state index contributed by atoms with van der Waals surface area (Å²) >= 11 is 9.22. The van der Waals surface area contributed by atoms with Gasteiger partial charge in [0.15, 0.2) is 0 Å². The molecule has 0 spiro atoms. The minimum Gasteiger partial charge on any atom is -0.348 e. The third-order valence-electron chi connectivity index (χ3n) is 2.95. The van der Waals surface area contributed by atoms with Crippen LogP contribution in [0, 0.1) is 0 Å². The number of hydrogen-bond acceptors (Lipinski definition) is 2. The zero-order chi connectivity index (χ0) is 14.7. The Bertz CT molecular complexity index is 639. The second kappa shape index (κ2) is 6.41. The first kappa shape index (κ1) is 15.1. The van der Waals surface area contributed by atoms with Crippen molar-refractivity contribution in [3.8, 4) is 0 Å². The molecule has 0 aliphatic rings. The van der Waals surface area contributed by atoms with Gasteiger partial charge in [0.25, 0.3) is 5.91 Å². The van der Waals surface area contributed by atoms with Gasteiger partial charge in [0.05, 0.1) is 10.7 Å². The number of aryl methyl sites for hydroxylation is 2. The summed E-state index contributed by atoms with van der Waals surface area (Å²) in [4.78, 5) is 12.1. The van der Waals surface area contributed by atoms with E-state index in [1.54, 1.807) is 22.9 Å². The van der Waals surface area contributed by atoms with Crippen molar-refractivity contribution in [1.29, 1.82) is 0 Å². The van der Waals surface area contributed by atoms with Crippen LogP contribution in [-0.4, -0.2) is 15.7 Å². The first-order chi connectivity index (χ1) is 9.51. The van der Waals surface area contributed by atoms with Gasteiger partial charge in [-0.2, -0.15) is 5.10 Å². The van der Waals surface area contributed by atoms with E-state index in [0.29, 0.717) is 21.6 Å². The summed E-state index contributed by atoms with van der Waals surface area (Å²) < 4.78 is 2.47. The summed E-state index contributed by atoms with van der Waals surface area (Å²) in [7, 11) is 1.88. The van der Waals surface area contributed by atoms with Crippen LogP contribution in [-0.2, 0) is 20.0 Å². The lowest BCUT2D eigenvalue weighted by atomic mass is 10.2. The van der Waals surface area contributed by atoms with Crippen molar-refractivity contribution in [2.45, 2.75) is 19.9 Å². The van der Waals surface area contributed by atoms with Crippen LogP contribution in [0.2, 0.25) is 5.02 Å². The Hall–Kier alpha value is -1.33. The maximum absolute atomic E-state index is 12.1. The summed E-state index contributed by atoms with van der Waals surface area (Å²) in [5, 5.41) is 7.82. The Kier molecular flexibility index (Phi) is 4.83. The van der Waals surface area contributed by atoms with Crippen LogP contribution in [0.3, 0.4) is 0 Å². The zero-order valence-electron chi connectivity index (χ0n) is 11.3. The number of carbonyl (C=O) groups excluding carboxylic acids is 1. The highest BCUT2D eigenvalue weighted by Crippen LogP contribution is 2.23. The number of hydrogen-bond donors (Lipinski definition) is 1. The molecule has 2 rings (SSSR count). The van der Waals surface area contributed by atoms with E-state index < -0.39 is 0 Å². The van der Waals surface area contributed by atoms with Crippen LogP contribution in [0.4, 0.5) is 0 Å². The average molecular weight is 357 g/mol. The minimum atomic E-state index is -0.131. The van der Waals surface area contributed by atoms with E-state index in [2.05, 4.69) is 26.3 Å². The summed E-state index contributed by atoms with van der Waals surface area (Å²) in [6, 6.07) is 5.11. The normalized spacial score (nSPS) is 10.6. The molecule has 1 aromatic heterocycles. The van der Waals surface area contributed by atoms with Gasteiger partial charge in [0, 0.05) is 35.4 Å². The summed E-state index contributed by atoms with van der Waals surface area (Å²) in [6.45, 7) is 2.51. The van der Waals surface area contributed by atoms with E-state index in [1.165, 1.54) is 0 Å². The third-order valence-corrected chi connectivity index (χ3v) is 4.16. The van der Waals surface area contributed by atoms with Crippen molar-refractivity contribution in [3.63, 3.8) is 0 Å². The molecule has 0 saturated heterocycles. The second-order valence-corrected chi connectivity index (χ2v) is 5.70. The van der Waals surface area contributed by atoms with Gasteiger partial charge in [-0.1, -0.05) is 18.5 Å². The molecular weight excluding hydrogens is 342 g/mol. The molecular formula is C14H15BrClN3O. The largest absolute Gasteiger partial charge is 0.348 e. The van der Waals surface area contributed by atoms with Gasteiger partial charge in [0.1, 0.15) is 0 Å². The molecule has 4 nitrogen and oxygen atoms in total. The highest BCUT2D eigenvalue weighted by atomic mass is 79.9. The van der Waals surface area contributed by atoms with E-state index in [4.69, 9.17) is 11.6 Å². The van der Waals surface area contributed by atoms with Crippen LogP contribution in [0.15, 0.2) is 28.9 Å². The molecule has 0 aliphatic heterocycles. The Labute approximate surface area is 131 Å². The number of nitrogens with one attached hydrogen (secondary N) is 1. The van der Waals surface area contributed by atoms with E-state index in [1.807, 2.05) is 20.2 Å². The lowest BCUT2D eigenvalue weighted by Crippen LogP contribution is -2.23. The molecule has 1 heterocycles. The number of rotatable bonds is 4. The fourth-order valence-corrected chi connectivity index (χ4v) is 2.44. The highest BCUT2D eigenvalue weighted by molar-refractivity contribution is 9.10. The molecule has 2 aromatic rings. The van der Waals surface area contributed by atoms with Crippen LogP contribution >= 0.6 is 27.5 Å². The van der Waals surface area contributed by atoms with Crippen LogP contribution in [0.1, 0.15) is 28.5 Å². The SMILES string of the molecule is CCc1nn(C)cc1CNC(=O)c1ccc(Cl)c(Br)c1. The molecule has 0 fully saturated rings. The molecule has 0 bridgehead atoms. The summed E-state index contributed by atoms with van der Waals surface area (Å²) in [6.07, 6.45) is 2.77. The molecule has 106 valence electrons. The van der Waals surface area contributed by atoms with Crippen LogP contribution in [0.25, 0.3) is 0 Å². The monoisotopic (exact) mass is 355 g/mol. The fraction of sp³-hybridized carbons (Fsp3) is 0.286. The van der Waals surface area contributed by atoms with E-state index in [0.717, 1.165) is 17.7 Å². The molecule has 0 aliphatic carbocycles. The molecule has 6 heteroatoms. The topological polar surface area (TPSA) is 46.9 Å². The maximum atomic E-state index is 12.1. The molecule has 20 heavy (non-hydrogen) atoms. The minimum absolute atomic E-state index is 0.131. The Morgan fingerprint density at radius 2 is 2.25 bits per heavy atom. The quantitative estimate of drug-likeness (QED) is 0.913. The first-order valence-electron chi connectivity index (χ1n) is 6.26. The molecule has 0 unspecified atom stereocenters. The molecule has 1 N–H and O–H groups in total. The van der Waals surface area contributed by atoms with Gasteiger partial charge >= 0.3 is 0 Å². The number of benzene rings is 1. The van der Waals surface area contributed by atoms with E-state index in [-0.39, 0.29) is 5.91 Å². The van der Waals surface area contributed by atoms with Gasteiger partial charge in [-0.15, -0.1) is 0 Å². The molecule has 0 radical (unpaired) electrons. The molecule has 1 amide bonds. The number of amides is 1. The third kappa shape index (κ3) is 3.41. The lowest BCUT2D eigenvalue weighted by Gasteiger charge is -2.06. The predicted molar refractivity (Wildman–Crippen MR) is 82.9 cm³/mol. The van der Waals surface area contributed by atoms with Gasteiger partial charge in [-0.05, 0) is 40.5 Å². The Balaban J connectivity index is 2.06. The molecule has 1 aromatic carbocycles. The number of aromatic nitrogens is 2. The number of nitrogens with zero attached hydrogens (tertiary/aromatic N) is 2. The summed E-state index contributed by atoms with van der Waals surface area (Å²) in [5.74, 6) is -0.131. The van der Waals surface area contributed by atoms with Crippen molar-refractivity contribution in [2.24, 2.45) is 7.05 Å². The molecule has 0 saturated carbocycles. The average Bonchev–Trinajstić information content (AvgIpc) is 2.79. The van der Waals surface area contributed by atoms with Crippen molar-refractivity contribution in [2.75, 3.05) is 0 Å². The number of halogens is 2. The Morgan fingerprint density at radius 3 is 2.90 bits per heavy atom. The summed E-state index contributed by atoms with van der Waals surface area (Å²) in [5.41, 5.74) is 2.62. The van der Waals surface area contributed by atoms with Gasteiger partial charge in [-0.25, -0.2) is 0 Å². The standard InChI is InChI=1S/C14H15BrClN3O/c1-3-13-10(8-19(2)18-13)7-17-14(20)9-4-5-12(16)11(15)6-9/h4-6,8H,3,7H2,1-2H3,(H,17,20). The van der Waals surface area contributed by atoms with Crippen molar-refractivity contribution < 1.29 is 4.79 Å². The van der Waals surface area contributed by atoms with Crippen molar-refractivity contribution in [3.05, 3.63) is 50.7 Å². The predicted octanol–water partition coefficient (Wildman–Crippen LogP) is 3.33. The van der Waals surface area contributed by atoms with Crippen LogP contribution in [0.5, 0.6) is 0 Å². The zero-order valence-corrected chi connectivity index (χ0v) is 13.6. The van der Waals surface area contributed by atoms with E-state index in [9.17, 15) is 4.79 Å². The van der Waals surface area contributed by atoms with Crippen molar-refractivity contribution in [1.82, 2.24) is 15.1 Å². The van der Waals surface area contributed by atoms with Crippen molar-refractivity contribution >= 4 is 33.4 Å². The van der Waals surface area contributed by atoms with Gasteiger partial charge in [0.2, 0.25) is 0 Å². The number of carbonyl (C=O) groups is 1. The van der Waals surface area contributed by atoms with Gasteiger partial charge < -0.3 is 5.32 Å².